The normalized spacial score (nSPS) is 18.6. The number of aliphatic carboxylic acids is 1. The molecule has 1 aromatic rings. The van der Waals surface area contributed by atoms with Crippen LogP contribution in [0.4, 0.5) is 0 Å². The molecule has 4 nitrogen and oxygen atoms in total. The summed E-state index contributed by atoms with van der Waals surface area (Å²) in [4.78, 5) is 24.7. The molecule has 1 saturated heterocycles. The highest BCUT2D eigenvalue weighted by Crippen LogP contribution is 2.19. The largest absolute Gasteiger partial charge is 0.480 e. The van der Waals surface area contributed by atoms with Gasteiger partial charge in [-0.05, 0) is 37.3 Å². The first-order valence-corrected chi connectivity index (χ1v) is 6.66. The van der Waals surface area contributed by atoms with Crippen molar-refractivity contribution < 1.29 is 14.7 Å². The summed E-state index contributed by atoms with van der Waals surface area (Å²) in [6.07, 6.45) is 2.42. The van der Waals surface area contributed by atoms with Crippen LogP contribution >= 0.6 is 0 Å². The Morgan fingerprint density at radius 1 is 1.37 bits per heavy atom. The predicted octanol–water partition coefficient (Wildman–Crippen LogP) is 2.00. The van der Waals surface area contributed by atoms with Crippen LogP contribution in [0.1, 0.15) is 30.4 Å². The van der Waals surface area contributed by atoms with Gasteiger partial charge in [-0.3, -0.25) is 4.79 Å². The van der Waals surface area contributed by atoms with E-state index < -0.39 is 12.0 Å². The van der Waals surface area contributed by atoms with Gasteiger partial charge in [0.1, 0.15) is 6.04 Å². The molecule has 1 unspecified atom stereocenters. The first kappa shape index (κ1) is 13.6. The zero-order valence-corrected chi connectivity index (χ0v) is 11.1. The molecule has 0 radical (unpaired) electrons. The molecular formula is C15H19NO3. The molecule has 19 heavy (non-hydrogen) atoms. The van der Waals surface area contributed by atoms with Crippen molar-refractivity contribution >= 4 is 11.9 Å². The average molecular weight is 261 g/mol. The van der Waals surface area contributed by atoms with Crippen LogP contribution in [0.2, 0.25) is 0 Å². The summed E-state index contributed by atoms with van der Waals surface area (Å²) >= 11 is 0. The number of carbonyl (C=O) groups excluding carboxylic acids is 1. The van der Waals surface area contributed by atoms with Gasteiger partial charge in [-0.15, -0.1) is 0 Å². The maximum absolute atomic E-state index is 12.1. The van der Waals surface area contributed by atoms with Gasteiger partial charge in [-0.25, -0.2) is 4.79 Å². The van der Waals surface area contributed by atoms with E-state index in [0.29, 0.717) is 25.8 Å². The van der Waals surface area contributed by atoms with E-state index in [1.165, 1.54) is 10.5 Å². The van der Waals surface area contributed by atoms with Gasteiger partial charge in [0.25, 0.3) is 0 Å². The Hall–Kier alpha value is -1.84. The van der Waals surface area contributed by atoms with Gasteiger partial charge in [0.15, 0.2) is 0 Å². The monoisotopic (exact) mass is 261 g/mol. The standard InChI is InChI=1S/C15H19NO3/c1-11-5-2-3-6-12(11)8-9-14(17)16-10-4-7-13(16)15(18)19/h2-3,5-6,13H,4,7-10H2,1H3,(H,18,19). The van der Waals surface area contributed by atoms with Crippen LogP contribution in [0.25, 0.3) is 0 Å². The quantitative estimate of drug-likeness (QED) is 0.902. The lowest BCUT2D eigenvalue weighted by Gasteiger charge is -2.21. The van der Waals surface area contributed by atoms with E-state index in [0.717, 1.165) is 12.0 Å². The van der Waals surface area contributed by atoms with Crippen molar-refractivity contribution in [3.05, 3.63) is 35.4 Å². The fourth-order valence-electron chi connectivity index (χ4n) is 2.60. The van der Waals surface area contributed by atoms with Crippen LogP contribution in [-0.2, 0) is 16.0 Å². The number of carbonyl (C=O) groups is 2. The zero-order valence-electron chi connectivity index (χ0n) is 11.1. The minimum atomic E-state index is -0.887. The Bertz CT molecular complexity index is 484. The number of hydrogen-bond donors (Lipinski definition) is 1. The SMILES string of the molecule is Cc1ccccc1CCC(=O)N1CCCC1C(=O)O. The highest BCUT2D eigenvalue weighted by molar-refractivity contribution is 5.84. The second-order valence-electron chi connectivity index (χ2n) is 5.01. The van der Waals surface area contributed by atoms with E-state index in [-0.39, 0.29) is 5.91 Å². The lowest BCUT2D eigenvalue weighted by atomic mass is 10.0. The number of benzene rings is 1. The van der Waals surface area contributed by atoms with E-state index in [2.05, 4.69) is 0 Å². The maximum Gasteiger partial charge on any atom is 0.326 e. The summed E-state index contributed by atoms with van der Waals surface area (Å²) in [7, 11) is 0. The molecule has 0 aliphatic carbocycles. The third-order valence-electron chi connectivity index (χ3n) is 3.73. The van der Waals surface area contributed by atoms with E-state index >= 15 is 0 Å². The smallest absolute Gasteiger partial charge is 0.326 e. The molecule has 1 fully saturated rings. The van der Waals surface area contributed by atoms with Crippen LogP contribution < -0.4 is 0 Å². The number of nitrogens with zero attached hydrogens (tertiary/aromatic N) is 1. The van der Waals surface area contributed by atoms with Crippen molar-refractivity contribution in [3.8, 4) is 0 Å². The van der Waals surface area contributed by atoms with Gasteiger partial charge in [-0.1, -0.05) is 24.3 Å². The number of amides is 1. The van der Waals surface area contributed by atoms with E-state index in [1.54, 1.807) is 0 Å². The van der Waals surface area contributed by atoms with Crippen LogP contribution in [0.5, 0.6) is 0 Å². The number of carboxylic acid groups (broad SMARTS) is 1. The number of carboxylic acids is 1. The van der Waals surface area contributed by atoms with Crippen LogP contribution in [0.15, 0.2) is 24.3 Å². The minimum Gasteiger partial charge on any atom is -0.480 e. The Kier molecular flexibility index (Phi) is 4.20. The molecule has 0 aromatic heterocycles. The third kappa shape index (κ3) is 3.13. The number of rotatable bonds is 4. The zero-order chi connectivity index (χ0) is 13.8. The van der Waals surface area contributed by atoms with Gasteiger partial charge >= 0.3 is 5.97 Å². The topological polar surface area (TPSA) is 57.6 Å². The summed E-state index contributed by atoms with van der Waals surface area (Å²) in [5, 5.41) is 9.07. The van der Waals surface area contributed by atoms with Gasteiger partial charge in [0.2, 0.25) is 5.91 Å². The van der Waals surface area contributed by atoms with Crippen molar-refractivity contribution in [1.82, 2.24) is 4.90 Å². The van der Waals surface area contributed by atoms with E-state index in [4.69, 9.17) is 5.11 Å². The lowest BCUT2D eigenvalue weighted by molar-refractivity contribution is -0.148. The molecular weight excluding hydrogens is 242 g/mol. The van der Waals surface area contributed by atoms with Crippen molar-refractivity contribution in [1.29, 1.82) is 0 Å². The Morgan fingerprint density at radius 3 is 2.79 bits per heavy atom. The van der Waals surface area contributed by atoms with Crippen LogP contribution in [0.3, 0.4) is 0 Å². The van der Waals surface area contributed by atoms with Gasteiger partial charge in [-0.2, -0.15) is 0 Å². The number of aryl methyl sites for hydroxylation is 2. The highest BCUT2D eigenvalue weighted by Gasteiger charge is 2.33. The molecule has 0 bridgehead atoms. The first-order chi connectivity index (χ1) is 9.09. The molecule has 1 atom stereocenters. The molecule has 2 rings (SSSR count). The first-order valence-electron chi connectivity index (χ1n) is 6.66. The fourth-order valence-corrected chi connectivity index (χ4v) is 2.60. The van der Waals surface area contributed by atoms with Gasteiger partial charge < -0.3 is 10.0 Å². The molecule has 0 spiro atoms. The Labute approximate surface area is 113 Å². The van der Waals surface area contributed by atoms with Crippen LogP contribution in [0, 0.1) is 6.92 Å². The minimum absolute atomic E-state index is 0.0480. The highest BCUT2D eigenvalue weighted by atomic mass is 16.4. The summed E-state index contributed by atoms with van der Waals surface area (Å²) < 4.78 is 0. The molecule has 1 aliphatic heterocycles. The van der Waals surface area contributed by atoms with Crippen molar-refractivity contribution in [2.75, 3.05) is 6.54 Å². The summed E-state index contributed by atoms with van der Waals surface area (Å²) in [6.45, 7) is 2.60. The van der Waals surface area contributed by atoms with Crippen molar-refractivity contribution in [3.63, 3.8) is 0 Å². The summed E-state index contributed by atoms with van der Waals surface area (Å²) in [5.41, 5.74) is 2.33. The maximum atomic E-state index is 12.1. The average Bonchev–Trinajstić information content (AvgIpc) is 2.87. The number of hydrogen-bond acceptors (Lipinski definition) is 2. The molecule has 4 heteroatoms. The van der Waals surface area contributed by atoms with Crippen LogP contribution in [-0.4, -0.2) is 34.5 Å². The molecule has 0 saturated carbocycles. The molecule has 1 aromatic carbocycles. The lowest BCUT2D eigenvalue weighted by Crippen LogP contribution is -2.40. The molecule has 1 heterocycles. The van der Waals surface area contributed by atoms with Crippen molar-refractivity contribution in [2.45, 2.75) is 38.6 Å². The molecule has 1 amide bonds. The molecule has 1 aliphatic rings. The Balaban J connectivity index is 1.95. The van der Waals surface area contributed by atoms with Gasteiger partial charge in [0.05, 0.1) is 0 Å². The summed E-state index contributed by atoms with van der Waals surface area (Å²) in [5.74, 6) is -0.935. The van der Waals surface area contributed by atoms with Gasteiger partial charge in [0, 0.05) is 13.0 Å². The predicted molar refractivity (Wildman–Crippen MR) is 71.9 cm³/mol. The summed E-state index contributed by atoms with van der Waals surface area (Å²) in [6, 6.07) is 7.35. The second kappa shape index (κ2) is 5.87. The van der Waals surface area contributed by atoms with Crippen molar-refractivity contribution in [2.24, 2.45) is 0 Å². The fraction of sp³-hybridized carbons (Fsp3) is 0.467. The Morgan fingerprint density at radius 2 is 2.11 bits per heavy atom. The van der Waals surface area contributed by atoms with E-state index in [1.807, 2.05) is 31.2 Å². The number of likely N-dealkylation sites (tertiary alicyclic amines) is 1. The molecule has 102 valence electrons. The second-order valence-corrected chi connectivity index (χ2v) is 5.01. The molecule has 1 N–H and O–H groups in total. The van der Waals surface area contributed by atoms with E-state index in [9.17, 15) is 9.59 Å². The third-order valence-corrected chi connectivity index (χ3v) is 3.73.